The number of aromatic nitrogens is 3. The number of rotatable bonds is 6. The molecule has 0 atom stereocenters. The second-order valence-electron chi connectivity index (χ2n) is 3.43. The molecule has 0 aliphatic heterocycles. The van der Waals surface area contributed by atoms with Crippen molar-refractivity contribution in [1.29, 1.82) is 0 Å². The van der Waals surface area contributed by atoms with Crippen molar-refractivity contribution in [2.75, 3.05) is 13.2 Å². The van der Waals surface area contributed by atoms with Gasteiger partial charge in [0.2, 0.25) is 0 Å². The van der Waals surface area contributed by atoms with Crippen LogP contribution in [-0.4, -0.2) is 39.9 Å². The highest BCUT2D eigenvalue weighted by atomic mass is 19.4. The van der Waals surface area contributed by atoms with Crippen molar-refractivity contribution in [3.8, 4) is 0 Å². The predicted molar refractivity (Wildman–Crippen MR) is 51.2 cm³/mol. The van der Waals surface area contributed by atoms with E-state index in [1.54, 1.807) is 7.05 Å². The van der Waals surface area contributed by atoms with E-state index < -0.39 is 12.8 Å². The predicted octanol–water partition coefficient (Wildman–Crippen LogP) is 0.896. The van der Waals surface area contributed by atoms with Gasteiger partial charge in [-0.05, 0) is 0 Å². The van der Waals surface area contributed by atoms with E-state index in [-0.39, 0.29) is 25.2 Å². The van der Waals surface area contributed by atoms with Gasteiger partial charge in [0.25, 0.3) is 0 Å². The lowest BCUT2D eigenvalue weighted by molar-refractivity contribution is -0.174. The van der Waals surface area contributed by atoms with Crippen LogP contribution in [0.4, 0.5) is 13.2 Å². The number of carbonyl (C=O) groups excluding carboxylic acids is 1. The SMILES string of the molecule is Cn1ncnc1CC(=O)CCOCC(F)(F)F. The molecule has 0 spiro atoms. The summed E-state index contributed by atoms with van der Waals surface area (Å²) >= 11 is 0. The molecular formula is C9H12F3N3O2. The number of halogens is 3. The van der Waals surface area contributed by atoms with Gasteiger partial charge in [0, 0.05) is 13.5 Å². The third kappa shape index (κ3) is 5.43. The minimum Gasteiger partial charge on any atom is -0.372 e. The average Bonchev–Trinajstić information content (AvgIpc) is 2.58. The van der Waals surface area contributed by atoms with Crippen molar-refractivity contribution < 1.29 is 22.7 Å². The topological polar surface area (TPSA) is 57.0 Å². The monoisotopic (exact) mass is 251 g/mol. The first-order chi connectivity index (χ1) is 7.88. The molecule has 0 N–H and O–H groups in total. The molecule has 0 aromatic carbocycles. The summed E-state index contributed by atoms with van der Waals surface area (Å²) in [4.78, 5) is 15.2. The zero-order valence-electron chi connectivity index (χ0n) is 9.20. The van der Waals surface area contributed by atoms with Crippen LogP contribution < -0.4 is 0 Å². The van der Waals surface area contributed by atoms with Crippen LogP contribution in [-0.2, 0) is 23.0 Å². The fourth-order valence-electron chi connectivity index (χ4n) is 1.12. The Balaban J connectivity index is 2.20. The molecule has 1 rings (SSSR count). The fraction of sp³-hybridized carbons (Fsp3) is 0.667. The lowest BCUT2D eigenvalue weighted by atomic mass is 10.2. The Morgan fingerprint density at radius 3 is 2.76 bits per heavy atom. The van der Waals surface area contributed by atoms with Crippen molar-refractivity contribution in [2.24, 2.45) is 7.05 Å². The highest BCUT2D eigenvalue weighted by Crippen LogP contribution is 2.14. The second kappa shape index (κ2) is 5.76. The molecule has 17 heavy (non-hydrogen) atoms. The molecule has 0 unspecified atom stereocenters. The van der Waals surface area contributed by atoms with Crippen molar-refractivity contribution in [3.05, 3.63) is 12.2 Å². The molecule has 1 aromatic rings. The van der Waals surface area contributed by atoms with E-state index in [2.05, 4.69) is 14.8 Å². The Bertz CT molecular complexity index is 376. The minimum atomic E-state index is -4.35. The highest BCUT2D eigenvalue weighted by molar-refractivity contribution is 5.80. The van der Waals surface area contributed by atoms with Crippen LogP contribution in [0.15, 0.2) is 6.33 Å². The summed E-state index contributed by atoms with van der Waals surface area (Å²) in [7, 11) is 1.63. The number of nitrogens with zero attached hydrogens (tertiary/aromatic N) is 3. The number of carbonyl (C=O) groups is 1. The summed E-state index contributed by atoms with van der Waals surface area (Å²) in [5.41, 5.74) is 0. The van der Waals surface area contributed by atoms with Crippen LogP contribution in [0.1, 0.15) is 12.2 Å². The van der Waals surface area contributed by atoms with Gasteiger partial charge in [0.1, 0.15) is 24.5 Å². The minimum absolute atomic E-state index is 0.0475. The molecule has 0 saturated heterocycles. The summed E-state index contributed by atoms with van der Waals surface area (Å²) in [5.74, 6) is 0.245. The maximum atomic E-state index is 11.7. The molecule has 0 aliphatic rings. The maximum Gasteiger partial charge on any atom is 0.411 e. The number of hydrogen-bond donors (Lipinski definition) is 0. The highest BCUT2D eigenvalue weighted by Gasteiger charge is 2.27. The van der Waals surface area contributed by atoms with Gasteiger partial charge in [0.05, 0.1) is 13.0 Å². The van der Waals surface area contributed by atoms with E-state index in [1.807, 2.05) is 0 Å². The molecule has 5 nitrogen and oxygen atoms in total. The zero-order chi connectivity index (χ0) is 12.9. The molecule has 8 heteroatoms. The first-order valence-corrected chi connectivity index (χ1v) is 4.87. The number of ether oxygens (including phenoxy) is 1. The van der Waals surface area contributed by atoms with Gasteiger partial charge in [0.15, 0.2) is 0 Å². The number of aryl methyl sites for hydroxylation is 1. The first kappa shape index (κ1) is 13.6. The third-order valence-electron chi connectivity index (χ3n) is 1.95. The van der Waals surface area contributed by atoms with Gasteiger partial charge < -0.3 is 4.74 Å². The maximum absolute atomic E-state index is 11.7. The number of alkyl halides is 3. The van der Waals surface area contributed by atoms with Gasteiger partial charge in [-0.1, -0.05) is 0 Å². The molecule has 0 radical (unpaired) electrons. The molecule has 0 amide bonds. The smallest absolute Gasteiger partial charge is 0.372 e. The standard InChI is InChI=1S/C9H12F3N3O2/c1-15-8(13-6-14-15)4-7(16)2-3-17-5-9(10,11)12/h6H,2-5H2,1H3. The lowest BCUT2D eigenvalue weighted by Gasteiger charge is -2.06. The van der Waals surface area contributed by atoms with Crippen molar-refractivity contribution in [2.45, 2.75) is 19.0 Å². The molecular weight excluding hydrogens is 239 g/mol. The third-order valence-corrected chi connectivity index (χ3v) is 1.95. The summed E-state index contributed by atoms with van der Waals surface area (Å²) in [6, 6.07) is 0. The van der Waals surface area contributed by atoms with Crippen LogP contribution >= 0.6 is 0 Å². The number of Topliss-reactive ketones (excluding diaryl/α,β-unsaturated/α-hetero) is 1. The fourth-order valence-corrected chi connectivity index (χ4v) is 1.12. The van der Waals surface area contributed by atoms with Crippen LogP contribution in [0.2, 0.25) is 0 Å². The molecule has 96 valence electrons. The molecule has 0 fully saturated rings. The average molecular weight is 251 g/mol. The Hall–Kier alpha value is -1.44. The van der Waals surface area contributed by atoms with Gasteiger partial charge in [-0.3, -0.25) is 9.48 Å². The van der Waals surface area contributed by atoms with Crippen LogP contribution in [0, 0.1) is 0 Å². The van der Waals surface area contributed by atoms with Gasteiger partial charge >= 0.3 is 6.18 Å². The summed E-state index contributed by atoms with van der Waals surface area (Å²) in [5, 5.41) is 3.77. The summed E-state index contributed by atoms with van der Waals surface area (Å²) in [6.45, 7) is -1.57. The molecule has 1 heterocycles. The first-order valence-electron chi connectivity index (χ1n) is 4.87. The van der Waals surface area contributed by atoms with Gasteiger partial charge in [-0.2, -0.15) is 18.3 Å². The largest absolute Gasteiger partial charge is 0.411 e. The van der Waals surface area contributed by atoms with Crippen molar-refractivity contribution in [1.82, 2.24) is 14.8 Å². The molecule has 0 aliphatic carbocycles. The molecule has 1 aromatic heterocycles. The second-order valence-corrected chi connectivity index (χ2v) is 3.43. The summed E-state index contributed by atoms with van der Waals surface area (Å²) < 4.78 is 40.9. The van der Waals surface area contributed by atoms with E-state index in [0.717, 1.165) is 0 Å². The van der Waals surface area contributed by atoms with Crippen LogP contribution in [0.25, 0.3) is 0 Å². The van der Waals surface area contributed by atoms with E-state index in [9.17, 15) is 18.0 Å². The van der Waals surface area contributed by atoms with Crippen molar-refractivity contribution in [3.63, 3.8) is 0 Å². The number of ketones is 1. The van der Waals surface area contributed by atoms with E-state index in [1.165, 1.54) is 11.0 Å². The quantitative estimate of drug-likeness (QED) is 0.705. The van der Waals surface area contributed by atoms with Crippen LogP contribution in [0.3, 0.4) is 0 Å². The van der Waals surface area contributed by atoms with E-state index in [0.29, 0.717) is 5.82 Å². The Morgan fingerprint density at radius 2 is 2.24 bits per heavy atom. The Kier molecular flexibility index (Phi) is 4.62. The van der Waals surface area contributed by atoms with E-state index in [4.69, 9.17) is 0 Å². The summed E-state index contributed by atoms with van der Waals surface area (Å²) in [6.07, 6.45) is -3.07. The van der Waals surface area contributed by atoms with E-state index >= 15 is 0 Å². The van der Waals surface area contributed by atoms with Crippen molar-refractivity contribution >= 4 is 5.78 Å². The molecule has 0 bridgehead atoms. The normalized spacial score (nSPS) is 11.8. The Morgan fingerprint density at radius 1 is 1.53 bits per heavy atom. The lowest BCUT2D eigenvalue weighted by Crippen LogP contribution is -2.19. The number of hydrogen-bond acceptors (Lipinski definition) is 4. The van der Waals surface area contributed by atoms with Crippen LogP contribution in [0.5, 0.6) is 0 Å². The Labute approximate surface area is 95.6 Å². The molecule has 0 saturated carbocycles. The van der Waals surface area contributed by atoms with Gasteiger partial charge in [-0.15, -0.1) is 0 Å². The van der Waals surface area contributed by atoms with Gasteiger partial charge in [-0.25, -0.2) is 4.98 Å². The zero-order valence-corrected chi connectivity index (χ0v) is 9.20.